The van der Waals surface area contributed by atoms with E-state index in [0.29, 0.717) is 5.69 Å². The lowest BCUT2D eigenvalue weighted by Crippen LogP contribution is -2.32. The average Bonchev–Trinajstić information content (AvgIpc) is 2.51. The number of hydrogen-bond acceptors (Lipinski definition) is 4. The first-order chi connectivity index (χ1) is 6.99. The van der Waals surface area contributed by atoms with Gasteiger partial charge >= 0.3 is 11.9 Å². The summed E-state index contributed by atoms with van der Waals surface area (Å²) < 4.78 is 1.35. The van der Waals surface area contributed by atoms with Gasteiger partial charge in [0.25, 0.3) is 0 Å². The molecule has 82 valence electrons. The van der Waals surface area contributed by atoms with Crippen LogP contribution in [0.4, 0.5) is 0 Å². The van der Waals surface area contributed by atoms with Gasteiger partial charge in [-0.25, -0.2) is 4.98 Å². The molecule has 0 unspecified atom stereocenters. The van der Waals surface area contributed by atoms with E-state index in [4.69, 9.17) is 15.9 Å². The molecule has 0 spiro atoms. The molecule has 15 heavy (non-hydrogen) atoms. The number of nitrogens with zero attached hydrogens (tertiary/aromatic N) is 2. The fourth-order valence-electron chi connectivity index (χ4n) is 1.07. The van der Waals surface area contributed by atoms with E-state index in [-0.39, 0.29) is 13.0 Å². The van der Waals surface area contributed by atoms with E-state index in [1.165, 1.54) is 17.1 Å². The number of carboxylic acids is 2. The molecule has 0 aliphatic rings. The van der Waals surface area contributed by atoms with Gasteiger partial charge in [0.1, 0.15) is 12.6 Å². The van der Waals surface area contributed by atoms with Crippen molar-refractivity contribution in [2.45, 2.75) is 19.0 Å². The molecule has 1 aromatic heterocycles. The third-order valence-corrected chi connectivity index (χ3v) is 1.75. The van der Waals surface area contributed by atoms with Gasteiger partial charge in [0.05, 0.1) is 12.0 Å². The average molecular weight is 213 g/mol. The van der Waals surface area contributed by atoms with Crippen LogP contribution in [0.1, 0.15) is 5.69 Å². The Morgan fingerprint density at radius 2 is 2.20 bits per heavy atom. The number of carbonyl (C=O) groups is 2. The van der Waals surface area contributed by atoms with E-state index in [0.717, 1.165) is 0 Å². The van der Waals surface area contributed by atoms with Gasteiger partial charge in [-0.2, -0.15) is 0 Å². The van der Waals surface area contributed by atoms with Gasteiger partial charge < -0.3 is 20.5 Å². The number of aromatic nitrogens is 2. The van der Waals surface area contributed by atoms with Crippen molar-refractivity contribution in [2.24, 2.45) is 5.73 Å². The van der Waals surface area contributed by atoms with Gasteiger partial charge in [-0.05, 0) is 0 Å². The third-order valence-electron chi connectivity index (χ3n) is 1.75. The molecule has 0 fully saturated rings. The number of rotatable bonds is 5. The topological polar surface area (TPSA) is 118 Å². The second-order valence-electron chi connectivity index (χ2n) is 3.08. The number of aliphatic carboxylic acids is 2. The fourth-order valence-corrected chi connectivity index (χ4v) is 1.07. The zero-order valence-electron chi connectivity index (χ0n) is 7.83. The van der Waals surface area contributed by atoms with Crippen LogP contribution in [-0.2, 0) is 22.6 Å². The van der Waals surface area contributed by atoms with Gasteiger partial charge in [0.2, 0.25) is 0 Å². The molecule has 0 aromatic carbocycles. The van der Waals surface area contributed by atoms with Crippen LogP contribution in [0.5, 0.6) is 0 Å². The van der Waals surface area contributed by atoms with Crippen molar-refractivity contribution in [3.05, 3.63) is 18.2 Å². The highest BCUT2D eigenvalue weighted by atomic mass is 16.4. The van der Waals surface area contributed by atoms with E-state index in [2.05, 4.69) is 4.98 Å². The summed E-state index contributed by atoms with van der Waals surface area (Å²) in [4.78, 5) is 24.6. The third kappa shape index (κ3) is 3.39. The largest absolute Gasteiger partial charge is 0.480 e. The Kier molecular flexibility index (Phi) is 3.40. The Bertz CT molecular complexity index is 374. The predicted molar refractivity (Wildman–Crippen MR) is 49.2 cm³/mol. The van der Waals surface area contributed by atoms with Crippen LogP contribution in [-0.4, -0.2) is 37.7 Å². The van der Waals surface area contributed by atoms with Crippen LogP contribution in [0.25, 0.3) is 0 Å². The molecular weight excluding hydrogens is 202 g/mol. The first-order valence-electron chi connectivity index (χ1n) is 4.20. The number of nitrogens with two attached hydrogens (primary N) is 1. The highest BCUT2D eigenvalue weighted by molar-refractivity contribution is 5.73. The Morgan fingerprint density at radius 1 is 1.53 bits per heavy atom. The maximum Gasteiger partial charge on any atom is 0.323 e. The highest BCUT2D eigenvalue weighted by Crippen LogP contribution is 2.00. The number of carboxylic acid groups (broad SMARTS) is 2. The van der Waals surface area contributed by atoms with E-state index >= 15 is 0 Å². The molecule has 1 rings (SSSR count). The van der Waals surface area contributed by atoms with Crippen LogP contribution in [0.3, 0.4) is 0 Å². The number of imidazole rings is 1. The second kappa shape index (κ2) is 4.56. The highest BCUT2D eigenvalue weighted by Gasteiger charge is 2.13. The van der Waals surface area contributed by atoms with Gasteiger partial charge in [-0.1, -0.05) is 0 Å². The summed E-state index contributed by atoms with van der Waals surface area (Å²) in [5.74, 6) is -2.09. The van der Waals surface area contributed by atoms with Crippen LogP contribution in [0.15, 0.2) is 12.5 Å². The SMILES string of the molecule is N[C@H](Cc1cn(CC(=O)O)cn1)C(=O)O. The predicted octanol–water partition coefficient (Wildman–Crippen LogP) is -1.08. The molecule has 0 amide bonds. The summed E-state index contributed by atoms with van der Waals surface area (Å²) in [6, 6.07) is -1.02. The second-order valence-corrected chi connectivity index (χ2v) is 3.08. The van der Waals surface area contributed by atoms with Crippen molar-refractivity contribution < 1.29 is 19.8 Å². The van der Waals surface area contributed by atoms with Crippen LogP contribution in [0.2, 0.25) is 0 Å². The van der Waals surface area contributed by atoms with Crippen molar-refractivity contribution in [3.8, 4) is 0 Å². The molecule has 4 N–H and O–H groups in total. The van der Waals surface area contributed by atoms with Gasteiger partial charge in [-0.3, -0.25) is 9.59 Å². The molecule has 0 aliphatic heterocycles. The van der Waals surface area contributed by atoms with Crippen LogP contribution in [0, 0.1) is 0 Å². The lowest BCUT2D eigenvalue weighted by molar-refractivity contribution is -0.139. The molecule has 0 bridgehead atoms. The maximum absolute atomic E-state index is 10.4. The number of hydrogen-bond donors (Lipinski definition) is 3. The summed E-state index contributed by atoms with van der Waals surface area (Å²) in [6.45, 7) is -0.199. The van der Waals surface area contributed by atoms with Gasteiger partial charge in [-0.15, -0.1) is 0 Å². The molecular formula is C8H11N3O4. The Hall–Kier alpha value is -1.89. The van der Waals surface area contributed by atoms with Crippen LogP contribution < -0.4 is 5.73 Å². The van der Waals surface area contributed by atoms with Gasteiger partial charge in [0.15, 0.2) is 0 Å². The van der Waals surface area contributed by atoms with Crippen LogP contribution >= 0.6 is 0 Å². The summed E-state index contributed by atoms with van der Waals surface area (Å²) in [5, 5.41) is 17.0. The van der Waals surface area contributed by atoms with E-state index < -0.39 is 18.0 Å². The molecule has 7 nitrogen and oxygen atoms in total. The Balaban J connectivity index is 2.60. The summed E-state index contributed by atoms with van der Waals surface area (Å²) in [7, 11) is 0. The lowest BCUT2D eigenvalue weighted by atomic mass is 10.2. The molecule has 1 heterocycles. The molecule has 1 atom stereocenters. The summed E-state index contributed by atoms with van der Waals surface area (Å²) >= 11 is 0. The standard InChI is InChI=1S/C8H11N3O4/c9-6(8(14)15)1-5-2-11(4-10-5)3-7(12)13/h2,4,6H,1,3,9H2,(H,12,13)(H,14,15)/t6-/m1/s1. The van der Waals surface area contributed by atoms with E-state index in [9.17, 15) is 9.59 Å². The monoisotopic (exact) mass is 213 g/mol. The van der Waals surface area contributed by atoms with Crippen molar-refractivity contribution in [1.82, 2.24) is 9.55 Å². The quantitative estimate of drug-likeness (QED) is 0.572. The van der Waals surface area contributed by atoms with Gasteiger partial charge in [0, 0.05) is 12.6 Å². The molecule has 0 radical (unpaired) electrons. The minimum absolute atomic E-state index is 0.0853. The molecule has 1 aromatic rings. The molecule has 0 aliphatic carbocycles. The minimum atomic E-state index is -1.11. The van der Waals surface area contributed by atoms with Crippen molar-refractivity contribution >= 4 is 11.9 Å². The zero-order valence-corrected chi connectivity index (χ0v) is 7.83. The molecule has 0 saturated heterocycles. The van der Waals surface area contributed by atoms with E-state index in [1.54, 1.807) is 0 Å². The fraction of sp³-hybridized carbons (Fsp3) is 0.375. The molecule has 7 heteroatoms. The lowest BCUT2D eigenvalue weighted by Gasteiger charge is -2.02. The normalized spacial score (nSPS) is 12.3. The molecule has 0 saturated carbocycles. The van der Waals surface area contributed by atoms with Crippen molar-refractivity contribution in [1.29, 1.82) is 0 Å². The smallest absolute Gasteiger partial charge is 0.323 e. The maximum atomic E-state index is 10.4. The van der Waals surface area contributed by atoms with Crippen molar-refractivity contribution in [3.63, 3.8) is 0 Å². The summed E-state index contributed by atoms with van der Waals surface area (Å²) in [6.07, 6.45) is 2.89. The zero-order chi connectivity index (χ0) is 11.4. The Morgan fingerprint density at radius 3 is 2.73 bits per heavy atom. The minimum Gasteiger partial charge on any atom is -0.480 e. The van der Waals surface area contributed by atoms with E-state index in [1.807, 2.05) is 0 Å². The first kappa shape index (κ1) is 11.2. The first-order valence-corrected chi connectivity index (χ1v) is 4.20. The van der Waals surface area contributed by atoms with Crippen molar-refractivity contribution in [2.75, 3.05) is 0 Å². The summed E-state index contributed by atoms with van der Waals surface area (Å²) in [5.41, 5.74) is 5.76. The Labute approximate surface area is 85.1 Å².